The topological polar surface area (TPSA) is 55.3 Å². The van der Waals surface area contributed by atoms with Crippen molar-refractivity contribution in [1.82, 2.24) is 14.9 Å². The lowest BCUT2D eigenvalue weighted by molar-refractivity contribution is 0.00709. The van der Waals surface area contributed by atoms with Gasteiger partial charge in [-0.25, -0.2) is 9.97 Å². The lowest BCUT2D eigenvalue weighted by atomic mass is 10.1. The molecule has 1 amide bonds. The minimum Gasteiger partial charge on any atom is -0.378 e. The lowest BCUT2D eigenvalue weighted by Crippen LogP contribution is -2.31. The molecule has 0 radical (unpaired) electrons. The molecule has 0 bridgehead atoms. The van der Waals surface area contributed by atoms with E-state index in [-0.39, 0.29) is 5.91 Å². The molecule has 128 valence electrons. The van der Waals surface area contributed by atoms with Crippen LogP contribution in [0.3, 0.4) is 0 Å². The summed E-state index contributed by atoms with van der Waals surface area (Å²) >= 11 is 0. The smallest absolute Gasteiger partial charge is 0.253 e. The third-order valence-corrected chi connectivity index (χ3v) is 4.73. The maximum atomic E-state index is 12.6. The molecule has 0 saturated carbocycles. The number of nitrogens with zero attached hydrogens (tertiary/aromatic N) is 3. The molecule has 1 aromatic carbocycles. The number of carbonyl (C=O) groups is 1. The normalized spacial score (nSPS) is 17.9. The minimum absolute atomic E-state index is 0.0211. The molecule has 24 heavy (non-hydrogen) atoms. The lowest BCUT2D eigenvalue weighted by Gasteiger charge is -2.25. The third-order valence-electron chi connectivity index (χ3n) is 4.73. The fraction of sp³-hybridized carbons (Fsp3) is 0.526. The predicted octanol–water partition coefficient (Wildman–Crippen LogP) is 3.28. The number of ether oxygens (including phenoxy) is 1. The summed E-state index contributed by atoms with van der Waals surface area (Å²) in [7, 11) is 1.85. The first-order valence-electron chi connectivity index (χ1n) is 8.66. The SMILES string of the molecule is Cc1nc2ccc(C(=O)N(C)CCC3CCCCO3)cc2nc1C. The number of carbonyl (C=O) groups excluding carboxylic acids is 1. The molecule has 1 atom stereocenters. The van der Waals surface area contributed by atoms with E-state index in [0.29, 0.717) is 18.2 Å². The van der Waals surface area contributed by atoms with Gasteiger partial charge in [-0.15, -0.1) is 0 Å². The minimum atomic E-state index is 0.0211. The molecule has 1 aliphatic rings. The van der Waals surface area contributed by atoms with Gasteiger partial charge in [0.05, 0.1) is 28.5 Å². The van der Waals surface area contributed by atoms with Gasteiger partial charge >= 0.3 is 0 Å². The van der Waals surface area contributed by atoms with E-state index in [2.05, 4.69) is 9.97 Å². The molecule has 3 rings (SSSR count). The van der Waals surface area contributed by atoms with Crippen LogP contribution in [0.15, 0.2) is 18.2 Å². The second-order valence-corrected chi connectivity index (χ2v) is 6.60. The van der Waals surface area contributed by atoms with E-state index in [9.17, 15) is 4.79 Å². The fourth-order valence-corrected chi connectivity index (χ4v) is 3.06. The van der Waals surface area contributed by atoms with E-state index in [4.69, 9.17) is 4.74 Å². The average molecular weight is 327 g/mol. The van der Waals surface area contributed by atoms with Gasteiger partial charge in [-0.1, -0.05) is 0 Å². The molecular formula is C19H25N3O2. The van der Waals surface area contributed by atoms with Crippen LogP contribution in [0.4, 0.5) is 0 Å². The Balaban J connectivity index is 1.69. The van der Waals surface area contributed by atoms with Crippen LogP contribution in [0.5, 0.6) is 0 Å². The number of amides is 1. The van der Waals surface area contributed by atoms with Gasteiger partial charge in [0.1, 0.15) is 0 Å². The highest BCUT2D eigenvalue weighted by molar-refractivity contribution is 5.97. The number of fused-ring (bicyclic) bond motifs is 1. The summed E-state index contributed by atoms with van der Waals surface area (Å²) in [5.74, 6) is 0.0211. The Morgan fingerprint density at radius 1 is 1.21 bits per heavy atom. The summed E-state index contributed by atoms with van der Waals surface area (Å²) < 4.78 is 5.74. The maximum Gasteiger partial charge on any atom is 0.253 e. The Morgan fingerprint density at radius 2 is 1.96 bits per heavy atom. The quantitative estimate of drug-likeness (QED) is 0.865. The van der Waals surface area contributed by atoms with Crippen LogP contribution in [-0.4, -0.2) is 47.1 Å². The van der Waals surface area contributed by atoms with Gasteiger partial charge in [-0.05, 0) is 57.7 Å². The van der Waals surface area contributed by atoms with E-state index in [1.54, 1.807) is 4.90 Å². The zero-order valence-corrected chi connectivity index (χ0v) is 14.7. The van der Waals surface area contributed by atoms with Crippen LogP contribution >= 0.6 is 0 Å². The molecular weight excluding hydrogens is 302 g/mol. The Bertz CT molecular complexity index is 739. The van der Waals surface area contributed by atoms with Crippen molar-refractivity contribution in [2.75, 3.05) is 20.2 Å². The van der Waals surface area contributed by atoms with Gasteiger partial charge < -0.3 is 9.64 Å². The van der Waals surface area contributed by atoms with Crippen LogP contribution in [0.25, 0.3) is 11.0 Å². The highest BCUT2D eigenvalue weighted by atomic mass is 16.5. The van der Waals surface area contributed by atoms with Crippen molar-refractivity contribution in [3.63, 3.8) is 0 Å². The highest BCUT2D eigenvalue weighted by Gasteiger charge is 2.17. The molecule has 0 aliphatic carbocycles. The molecule has 0 N–H and O–H groups in total. The molecule has 1 fully saturated rings. The van der Waals surface area contributed by atoms with Crippen LogP contribution in [0, 0.1) is 13.8 Å². The maximum absolute atomic E-state index is 12.6. The van der Waals surface area contributed by atoms with Crippen molar-refractivity contribution in [1.29, 1.82) is 0 Å². The van der Waals surface area contributed by atoms with Gasteiger partial charge in [0.25, 0.3) is 5.91 Å². The number of benzene rings is 1. The van der Waals surface area contributed by atoms with Crippen LogP contribution < -0.4 is 0 Å². The van der Waals surface area contributed by atoms with Crippen molar-refractivity contribution < 1.29 is 9.53 Å². The van der Waals surface area contributed by atoms with E-state index >= 15 is 0 Å². The molecule has 5 heteroatoms. The average Bonchev–Trinajstić information content (AvgIpc) is 2.60. The molecule has 0 spiro atoms. The first-order chi connectivity index (χ1) is 11.5. The summed E-state index contributed by atoms with van der Waals surface area (Å²) in [4.78, 5) is 23.5. The Kier molecular flexibility index (Phi) is 5.09. The van der Waals surface area contributed by atoms with E-state index in [0.717, 1.165) is 48.3 Å². The third kappa shape index (κ3) is 3.73. The summed E-state index contributed by atoms with van der Waals surface area (Å²) in [5.41, 5.74) is 4.08. The molecule has 1 unspecified atom stereocenters. The zero-order chi connectivity index (χ0) is 17.1. The second-order valence-electron chi connectivity index (χ2n) is 6.60. The second kappa shape index (κ2) is 7.26. The van der Waals surface area contributed by atoms with E-state index in [1.165, 1.54) is 6.42 Å². The van der Waals surface area contributed by atoms with Crippen molar-refractivity contribution in [2.24, 2.45) is 0 Å². The largest absolute Gasteiger partial charge is 0.378 e. The van der Waals surface area contributed by atoms with Gasteiger partial charge in [-0.2, -0.15) is 0 Å². The Morgan fingerprint density at radius 3 is 2.67 bits per heavy atom. The van der Waals surface area contributed by atoms with Crippen molar-refractivity contribution in [2.45, 2.75) is 45.6 Å². The van der Waals surface area contributed by atoms with Gasteiger partial charge in [-0.3, -0.25) is 4.79 Å². The zero-order valence-electron chi connectivity index (χ0n) is 14.7. The van der Waals surface area contributed by atoms with Crippen LogP contribution in [0.1, 0.15) is 47.4 Å². The molecule has 1 aliphatic heterocycles. The number of rotatable bonds is 4. The first-order valence-corrected chi connectivity index (χ1v) is 8.66. The molecule has 5 nitrogen and oxygen atoms in total. The van der Waals surface area contributed by atoms with Gasteiger partial charge in [0, 0.05) is 25.8 Å². The van der Waals surface area contributed by atoms with Crippen molar-refractivity contribution in [3.05, 3.63) is 35.2 Å². The molecule has 1 aromatic heterocycles. The Labute approximate surface area is 143 Å². The summed E-state index contributed by atoms with van der Waals surface area (Å²) in [6.07, 6.45) is 4.68. The molecule has 1 saturated heterocycles. The van der Waals surface area contributed by atoms with Crippen molar-refractivity contribution >= 4 is 16.9 Å². The summed E-state index contributed by atoms with van der Waals surface area (Å²) in [5, 5.41) is 0. The van der Waals surface area contributed by atoms with Crippen LogP contribution in [-0.2, 0) is 4.74 Å². The fourth-order valence-electron chi connectivity index (χ4n) is 3.06. The van der Waals surface area contributed by atoms with Crippen LogP contribution in [0.2, 0.25) is 0 Å². The predicted molar refractivity (Wildman–Crippen MR) is 94.2 cm³/mol. The Hall–Kier alpha value is -2.01. The van der Waals surface area contributed by atoms with E-state index < -0.39 is 0 Å². The van der Waals surface area contributed by atoms with Crippen molar-refractivity contribution in [3.8, 4) is 0 Å². The molecule has 2 aromatic rings. The number of aryl methyl sites for hydroxylation is 2. The van der Waals surface area contributed by atoms with E-state index in [1.807, 2.05) is 39.1 Å². The highest BCUT2D eigenvalue weighted by Crippen LogP contribution is 2.18. The number of hydrogen-bond donors (Lipinski definition) is 0. The molecule has 2 heterocycles. The summed E-state index contributed by atoms with van der Waals surface area (Å²) in [6.45, 7) is 5.44. The van der Waals surface area contributed by atoms with Gasteiger partial charge in [0.2, 0.25) is 0 Å². The monoisotopic (exact) mass is 327 g/mol. The number of hydrogen-bond acceptors (Lipinski definition) is 4. The standard InChI is InChI=1S/C19H25N3O2/c1-13-14(2)21-18-12-15(7-8-17(18)20-13)19(23)22(3)10-9-16-6-4-5-11-24-16/h7-8,12,16H,4-6,9-11H2,1-3H3. The number of aromatic nitrogens is 2. The van der Waals surface area contributed by atoms with Gasteiger partial charge in [0.15, 0.2) is 0 Å². The summed E-state index contributed by atoms with van der Waals surface area (Å²) in [6, 6.07) is 5.55. The first kappa shape index (κ1) is 16.8.